The zero-order chi connectivity index (χ0) is 20.2. The second-order valence-corrected chi connectivity index (χ2v) is 7.68. The molecule has 9 heteroatoms. The normalized spacial score (nSPS) is 10.9. The van der Waals surface area contributed by atoms with Gasteiger partial charge in [-0.25, -0.2) is 4.79 Å². The second-order valence-electron chi connectivity index (χ2n) is 6.77. The lowest BCUT2D eigenvalue weighted by Crippen LogP contribution is -2.42. The Balaban J connectivity index is 1.91. The third kappa shape index (κ3) is 6.14. The van der Waals surface area contributed by atoms with Crippen LogP contribution in [-0.2, 0) is 11.8 Å². The van der Waals surface area contributed by atoms with Gasteiger partial charge in [0.2, 0.25) is 0 Å². The van der Waals surface area contributed by atoms with Crippen molar-refractivity contribution < 1.29 is 19.1 Å². The van der Waals surface area contributed by atoms with Gasteiger partial charge in [0.1, 0.15) is 11.3 Å². The monoisotopic (exact) mass is 436 g/mol. The number of ether oxygens (including phenoxy) is 1. The maximum absolute atomic E-state index is 12.1. The maximum Gasteiger partial charge on any atom is 0.412 e. The standard InChI is InChI=1S/C18H21BrN4O4/c1-18(2,3)27-17(26)20-13-7-5-11(6-8-13)15(24)21-22-16(25)14-9-12(19)10-23(14)4/h5-10H,1-4H3,(H,20,26)(H,21,24)(H,22,25). The zero-order valence-electron chi connectivity index (χ0n) is 15.4. The average Bonchev–Trinajstić information content (AvgIpc) is 2.89. The van der Waals surface area contributed by atoms with E-state index in [0.29, 0.717) is 16.9 Å². The minimum absolute atomic E-state index is 0.318. The Bertz CT molecular complexity index is 853. The zero-order valence-corrected chi connectivity index (χ0v) is 17.0. The Morgan fingerprint density at radius 3 is 2.15 bits per heavy atom. The first-order chi connectivity index (χ1) is 12.5. The number of aromatic nitrogens is 1. The average molecular weight is 437 g/mol. The third-order valence-electron chi connectivity index (χ3n) is 3.29. The predicted molar refractivity (Wildman–Crippen MR) is 104 cm³/mol. The van der Waals surface area contributed by atoms with E-state index in [0.717, 1.165) is 4.47 Å². The molecule has 3 amide bonds. The lowest BCUT2D eigenvalue weighted by Gasteiger charge is -2.19. The Hall–Kier alpha value is -2.81. The van der Waals surface area contributed by atoms with E-state index >= 15 is 0 Å². The van der Waals surface area contributed by atoms with Gasteiger partial charge in [-0.2, -0.15) is 0 Å². The van der Waals surface area contributed by atoms with E-state index in [-0.39, 0.29) is 0 Å². The summed E-state index contributed by atoms with van der Waals surface area (Å²) in [6.07, 6.45) is 1.15. The van der Waals surface area contributed by atoms with Crippen LogP contribution >= 0.6 is 15.9 Å². The molecule has 1 aromatic heterocycles. The van der Waals surface area contributed by atoms with Crippen LogP contribution < -0.4 is 16.2 Å². The number of carbonyl (C=O) groups excluding carboxylic acids is 3. The highest BCUT2D eigenvalue weighted by Crippen LogP contribution is 2.14. The summed E-state index contributed by atoms with van der Waals surface area (Å²) in [4.78, 5) is 35.9. The predicted octanol–water partition coefficient (Wildman–Crippen LogP) is 3.21. The van der Waals surface area contributed by atoms with E-state index in [1.165, 1.54) is 12.1 Å². The van der Waals surface area contributed by atoms with Crippen LogP contribution in [0.5, 0.6) is 0 Å². The van der Waals surface area contributed by atoms with E-state index in [9.17, 15) is 14.4 Å². The van der Waals surface area contributed by atoms with Crippen molar-refractivity contribution in [1.82, 2.24) is 15.4 Å². The molecule has 0 radical (unpaired) electrons. The van der Waals surface area contributed by atoms with Crippen LogP contribution in [0.15, 0.2) is 41.0 Å². The largest absolute Gasteiger partial charge is 0.444 e. The molecule has 0 fully saturated rings. The molecule has 0 atom stereocenters. The number of rotatable bonds is 3. The number of hydrazine groups is 1. The maximum atomic E-state index is 12.1. The Morgan fingerprint density at radius 2 is 1.63 bits per heavy atom. The molecule has 2 rings (SSSR count). The number of aryl methyl sites for hydroxylation is 1. The number of nitrogens with one attached hydrogen (secondary N) is 3. The van der Waals surface area contributed by atoms with Crippen LogP contribution in [0.25, 0.3) is 0 Å². The van der Waals surface area contributed by atoms with E-state index in [1.54, 1.807) is 56.8 Å². The summed E-state index contributed by atoms with van der Waals surface area (Å²) in [5.74, 6) is -0.930. The molecule has 8 nitrogen and oxygen atoms in total. The van der Waals surface area contributed by atoms with Crippen molar-refractivity contribution in [3.8, 4) is 0 Å². The van der Waals surface area contributed by atoms with Gasteiger partial charge >= 0.3 is 6.09 Å². The van der Waals surface area contributed by atoms with Gasteiger partial charge in [-0.15, -0.1) is 0 Å². The summed E-state index contributed by atoms with van der Waals surface area (Å²) < 4.78 is 7.54. The lowest BCUT2D eigenvalue weighted by molar-refractivity contribution is 0.0635. The fourth-order valence-electron chi connectivity index (χ4n) is 2.13. The molecule has 0 bridgehead atoms. The molecule has 1 heterocycles. The lowest BCUT2D eigenvalue weighted by atomic mass is 10.2. The molecule has 3 N–H and O–H groups in total. The number of carbonyl (C=O) groups is 3. The highest BCUT2D eigenvalue weighted by atomic mass is 79.9. The van der Waals surface area contributed by atoms with Gasteiger partial charge < -0.3 is 9.30 Å². The van der Waals surface area contributed by atoms with Gasteiger partial charge in [-0.05, 0) is 67.0 Å². The van der Waals surface area contributed by atoms with Gasteiger partial charge in [-0.1, -0.05) is 0 Å². The number of anilines is 1. The van der Waals surface area contributed by atoms with Crippen LogP contribution in [0.2, 0.25) is 0 Å². The molecule has 27 heavy (non-hydrogen) atoms. The molecule has 0 spiro atoms. The summed E-state index contributed by atoms with van der Waals surface area (Å²) in [7, 11) is 1.72. The van der Waals surface area contributed by atoms with Gasteiger partial charge in [0.05, 0.1) is 0 Å². The van der Waals surface area contributed by atoms with Crippen molar-refractivity contribution in [2.45, 2.75) is 26.4 Å². The Labute approximate surface area is 165 Å². The molecular formula is C18H21BrN4O4. The molecular weight excluding hydrogens is 416 g/mol. The van der Waals surface area contributed by atoms with Crippen LogP contribution in [0.3, 0.4) is 0 Å². The number of hydrogen-bond acceptors (Lipinski definition) is 4. The fourth-order valence-corrected chi connectivity index (χ4v) is 2.65. The van der Waals surface area contributed by atoms with Crippen molar-refractivity contribution in [2.75, 3.05) is 5.32 Å². The molecule has 0 saturated heterocycles. The van der Waals surface area contributed by atoms with Crippen LogP contribution in [0.4, 0.5) is 10.5 Å². The Morgan fingerprint density at radius 1 is 1.04 bits per heavy atom. The van der Waals surface area contributed by atoms with E-state index in [2.05, 4.69) is 32.1 Å². The van der Waals surface area contributed by atoms with Crippen LogP contribution in [0, 0.1) is 0 Å². The number of amides is 3. The van der Waals surface area contributed by atoms with Crippen molar-refractivity contribution in [1.29, 1.82) is 0 Å². The number of nitrogens with zero attached hydrogens (tertiary/aromatic N) is 1. The molecule has 1 aromatic carbocycles. The van der Waals surface area contributed by atoms with Crippen molar-refractivity contribution in [2.24, 2.45) is 7.05 Å². The summed E-state index contributed by atoms with van der Waals surface area (Å²) in [6.45, 7) is 5.30. The third-order valence-corrected chi connectivity index (χ3v) is 3.72. The highest BCUT2D eigenvalue weighted by Gasteiger charge is 2.16. The molecule has 0 aliphatic carbocycles. The SMILES string of the molecule is Cn1cc(Br)cc1C(=O)NNC(=O)c1ccc(NC(=O)OC(C)(C)C)cc1. The molecule has 0 aliphatic rings. The molecule has 2 aromatic rings. The molecule has 0 unspecified atom stereocenters. The van der Waals surface area contributed by atoms with Gasteiger partial charge in [0, 0.05) is 29.0 Å². The first kappa shape index (κ1) is 20.5. The molecule has 0 aliphatic heterocycles. The van der Waals surface area contributed by atoms with Gasteiger partial charge in [0.25, 0.3) is 11.8 Å². The minimum atomic E-state index is -0.601. The van der Waals surface area contributed by atoms with Gasteiger partial charge in [0.15, 0.2) is 0 Å². The smallest absolute Gasteiger partial charge is 0.412 e. The van der Waals surface area contributed by atoms with Crippen molar-refractivity contribution >= 4 is 39.5 Å². The van der Waals surface area contributed by atoms with E-state index in [1.807, 2.05) is 0 Å². The summed E-state index contributed by atoms with van der Waals surface area (Å²) >= 11 is 3.28. The number of benzene rings is 1. The van der Waals surface area contributed by atoms with E-state index in [4.69, 9.17) is 4.74 Å². The Kier molecular flexibility index (Phi) is 6.27. The van der Waals surface area contributed by atoms with Crippen LogP contribution in [-0.4, -0.2) is 28.1 Å². The summed E-state index contributed by atoms with van der Waals surface area (Å²) in [5.41, 5.74) is 5.29. The first-order valence-corrected chi connectivity index (χ1v) is 8.87. The second kappa shape index (κ2) is 8.26. The quantitative estimate of drug-likeness (QED) is 0.642. The topological polar surface area (TPSA) is 101 Å². The summed E-state index contributed by atoms with van der Waals surface area (Å²) in [6, 6.07) is 7.81. The van der Waals surface area contributed by atoms with Gasteiger partial charge in [-0.3, -0.25) is 25.8 Å². The fraction of sp³-hybridized carbons (Fsp3) is 0.278. The van der Waals surface area contributed by atoms with E-state index < -0.39 is 23.5 Å². The van der Waals surface area contributed by atoms with Crippen molar-refractivity contribution in [3.63, 3.8) is 0 Å². The summed E-state index contributed by atoms with van der Waals surface area (Å²) in [5, 5.41) is 2.58. The van der Waals surface area contributed by atoms with Crippen LogP contribution in [0.1, 0.15) is 41.6 Å². The number of halogens is 1. The molecule has 0 saturated carbocycles. The van der Waals surface area contributed by atoms with Crippen molar-refractivity contribution in [3.05, 3.63) is 52.3 Å². The molecule has 144 valence electrons. The first-order valence-electron chi connectivity index (χ1n) is 8.08. The minimum Gasteiger partial charge on any atom is -0.444 e. The highest BCUT2D eigenvalue weighted by molar-refractivity contribution is 9.10. The number of hydrogen-bond donors (Lipinski definition) is 3.